The molecule has 0 radical (unpaired) electrons. The average molecular weight is 372 g/mol. The summed E-state index contributed by atoms with van der Waals surface area (Å²) in [7, 11) is -3.69. The second-order valence-electron chi connectivity index (χ2n) is 7.16. The summed E-state index contributed by atoms with van der Waals surface area (Å²) >= 11 is 0. The number of amides is 1. The van der Waals surface area contributed by atoms with Crippen LogP contribution in [0.2, 0.25) is 0 Å². The quantitative estimate of drug-likeness (QED) is 0.896. The topological polar surface area (TPSA) is 66.5 Å². The van der Waals surface area contributed by atoms with Crippen LogP contribution in [-0.2, 0) is 26.8 Å². The molecular weight excluding hydrogens is 348 g/mol. The summed E-state index contributed by atoms with van der Waals surface area (Å²) in [4.78, 5) is 13.7. The zero-order valence-electron chi connectivity index (χ0n) is 15.3. The molecule has 0 saturated heterocycles. The Morgan fingerprint density at radius 1 is 1.12 bits per heavy atom. The number of sulfonamides is 1. The van der Waals surface area contributed by atoms with Crippen molar-refractivity contribution < 1.29 is 13.2 Å². The van der Waals surface area contributed by atoms with Crippen LogP contribution < -0.4 is 9.62 Å². The zero-order chi connectivity index (χ0) is 18.9. The number of hydrogen-bond donors (Lipinski definition) is 1. The summed E-state index contributed by atoms with van der Waals surface area (Å²) < 4.78 is 28.7. The molecule has 1 aliphatic heterocycles. The van der Waals surface area contributed by atoms with Crippen molar-refractivity contribution in [2.45, 2.75) is 44.0 Å². The molecule has 0 unspecified atom stereocenters. The van der Waals surface area contributed by atoms with Gasteiger partial charge in [-0.3, -0.25) is 4.79 Å². The number of nitrogens with one attached hydrogen (secondary N) is 1. The third-order valence-corrected chi connectivity index (χ3v) is 6.40. The van der Waals surface area contributed by atoms with Gasteiger partial charge in [-0.1, -0.05) is 30.3 Å². The Bertz CT molecular complexity index is 921. The molecule has 5 nitrogen and oxygen atoms in total. The smallest absolute Gasteiger partial charge is 0.241 e. The number of anilines is 1. The number of nitrogens with zero attached hydrogens (tertiary/aromatic N) is 1. The molecule has 0 bridgehead atoms. The highest BCUT2D eigenvalue weighted by molar-refractivity contribution is 7.89. The van der Waals surface area contributed by atoms with Gasteiger partial charge in [0.2, 0.25) is 15.9 Å². The van der Waals surface area contributed by atoms with E-state index < -0.39 is 15.6 Å². The first-order valence-electron chi connectivity index (χ1n) is 8.71. The van der Waals surface area contributed by atoms with Gasteiger partial charge in [-0.25, -0.2) is 13.1 Å². The molecule has 2 aromatic rings. The molecule has 0 saturated carbocycles. The highest BCUT2D eigenvalue weighted by Crippen LogP contribution is 2.30. The van der Waals surface area contributed by atoms with Crippen molar-refractivity contribution in [1.82, 2.24) is 4.72 Å². The lowest BCUT2D eigenvalue weighted by Gasteiger charge is -2.30. The van der Waals surface area contributed by atoms with E-state index in [4.69, 9.17) is 0 Å². The average Bonchev–Trinajstić information content (AvgIpc) is 2.60. The summed E-state index contributed by atoms with van der Waals surface area (Å²) in [6, 6.07) is 14.5. The summed E-state index contributed by atoms with van der Waals surface area (Å²) in [5.74, 6) is -0.0232. The number of carbonyl (C=O) groups excluding carboxylic acids is 1. The highest BCUT2D eigenvalue weighted by atomic mass is 32.2. The lowest BCUT2D eigenvalue weighted by Crippen LogP contribution is -2.41. The van der Waals surface area contributed by atoms with Crippen LogP contribution in [0.15, 0.2) is 53.4 Å². The first-order valence-corrected chi connectivity index (χ1v) is 10.2. The van der Waals surface area contributed by atoms with Crippen LogP contribution in [0.4, 0.5) is 5.69 Å². The normalized spacial score (nSPS) is 14.8. The Morgan fingerprint density at radius 2 is 1.81 bits per heavy atom. The van der Waals surface area contributed by atoms with Gasteiger partial charge >= 0.3 is 0 Å². The van der Waals surface area contributed by atoms with Crippen molar-refractivity contribution in [1.29, 1.82) is 0 Å². The summed E-state index contributed by atoms with van der Waals surface area (Å²) in [5, 5.41) is 0. The van der Waals surface area contributed by atoms with Crippen LogP contribution in [0.5, 0.6) is 0 Å². The predicted octanol–water partition coefficient (Wildman–Crippen LogP) is 3.20. The van der Waals surface area contributed by atoms with E-state index in [1.54, 1.807) is 23.1 Å². The fraction of sp³-hybridized carbons (Fsp3) is 0.350. The lowest BCUT2D eigenvalue weighted by atomic mass is 9.96. The van der Waals surface area contributed by atoms with Crippen molar-refractivity contribution in [3.8, 4) is 0 Å². The van der Waals surface area contributed by atoms with E-state index in [0.717, 1.165) is 29.7 Å². The van der Waals surface area contributed by atoms with Crippen molar-refractivity contribution in [3.63, 3.8) is 0 Å². The van der Waals surface area contributed by atoms with Crippen LogP contribution in [0, 0.1) is 0 Å². The van der Waals surface area contributed by atoms with Crippen LogP contribution in [-0.4, -0.2) is 20.9 Å². The van der Waals surface area contributed by atoms with Gasteiger partial charge in [0.1, 0.15) is 0 Å². The minimum Gasteiger partial charge on any atom is -0.312 e. The van der Waals surface area contributed by atoms with E-state index >= 15 is 0 Å². The minimum atomic E-state index is -3.69. The van der Waals surface area contributed by atoms with Crippen molar-refractivity contribution in [3.05, 3.63) is 59.7 Å². The largest absolute Gasteiger partial charge is 0.312 e. The Balaban J connectivity index is 1.92. The van der Waals surface area contributed by atoms with E-state index in [9.17, 15) is 13.2 Å². The van der Waals surface area contributed by atoms with E-state index in [1.807, 2.05) is 44.2 Å². The SMILES string of the molecule is CC(=O)N1CCCc2cc(S(=O)(=O)NC(C)(C)c3ccccc3)ccc21. The number of aryl methyl sites for hydroxylation is 1. The van der Waals surface area contributed by atoms with Crippen molar-refractivity contribution in [2.24, 2.45) is 0 Å². The molecule has 1 N–H and O–H groups in total. The van der Waals surface area contributed by atoms with Crippen molar-refractivity contribution in [2.75, 3.05) is 11.4 Å². The van der Waals surface area contributed by atoms with Gasteiger partial charge in [-0.2, -0.15) is 0 Å². The molecular formula is C20H24N2O3S. The maximum absolute atomic E-state index is 12.9. The maximum Gasteiger partial charge on any atom is 0.241 e. The fourth-order valence-corrected chi connectivity index (χ4v) is 4.83. The van der Waals surface area contributed by atoms with Crippen LogP contribution in [0.1, 0.15) is 38.3 Å². The number of hydrogen-bond acceptors (Lipinski definition) is 3. The van der Waals surface area contributed by atoms with Crippen LogP contribution in [0.25, 0.3) is 0 Å². The van der Waals surface area contributed by atoms with Gasteiger partial charge in [0.15, 0.2) is 0 Å². The maximum atomic E-state index is 12.9. The second kappa shape index (κ2) is 6.85. The highest BCUT2D eigenvalue weighted by Gasteiger charge is 2.29. The first kappa shape index (κ1) is 18.6. The molecule has 6 heteroatoms. The van der Waals surface area contributed by atoms with Gasteiger partial charge in [0, 0.05) is 19.2 Å². The molecule has 0 fully saturated rings. The molecule has 3 rings (SSSR count). The van der Waals surface area contributed by atoms with Gasteiger partial charge in [0.05, 0.1) is 10.4 Å². The third-order valence-electron chi connectivity index (χ3n) is 4.74. The second-order valence-corrected chi connectivity index (χ2v) is 8.84. The molecule has 1 heterocycles. The summed E-state index contributed by atoms with van der Waals surface area (Å²) in [6.07, 6.45) is 1.60. The van der Waals surface area contributed by atoms with Crippen LogP contribution in [0.3, 0.4) is 0 Å². The standard InChI is InChI=1S/C20H24N2O3S/c1-15(23)22-13-7-8-16-14-18(11-12-19(16)22)26(24,25)21-20(2,3)17-9-5-4-6-10-17/h4-6,9-12,14,21H,7-8,13H2,1-3H3. The third kappa shape index (κ3) is 3.66. The monoisotopic (exact) mass is 372 g/mol. The molecule has 0 aliphatic carbocycles. The minimum absolute atomic E-state index is 0.0232. The van der Waals surface area contributed by atoms with Gasteiger partial charge < -0.3 is 4.90 Å². The Hall–Kier alpha value is -2.18. The van der Waals surface area contributed by atoms with E-state index in [0.29, 0.717) is 6.54 Å². The van der Waals surface area contributed by atoms with E-state index in [-0.39, 0.29) is 10.8 Å². The molecule has 1 aliphatic rings. The number of benzene rings is 2. The molecule has 26 heavy (non-hydrogen) atoms. The molecule has 0 atom stereocenters. The molecule has 138 valence electrons. The summed E-state index contributed by atoms with van der Waals surface area (Å²) in [6.45, 7) is 5.89. The lowest BCUT2D eigenvalue weighted by molar-refractivity contribution is -0.116. The Morgan fingerprint density at radius 3 is 2.46 bits per heavy atom. The zero-order valence-corrected chi connectivity index (χ0v) is 16.1. The van der Waals surface area contributed by atoms with Gasteiger partial charge in [-0.15, -0.1) is 0 Å². The van der Waals surface area contributed by atoms with Gasteiger partial charge in [0.25, 0.3) is 0 Å². The first-order chi connectivity index (χ1) is 12.2. The van der Waals surface area contributed by atoms with E-state index in [1.165, 1.54) is 6.92 Å². The molecule has 0 spiro atoms. The fourth-order valence-electron chi connectivity index (χ4n) is 3.38. The van der Waals surface area contributed by atoms with Gasteiger partial charge in [-0.05, 0) is 56.0 Å². The Labute approximate surface area is 155 Å². The molecule has 1 amide bonds. The number of rotatable bonds is 4. The molecule has 0 aromatic heterocycles. The van der Waals surface area contributed by atoms with E-state index in [2.05, 4.69) is 4.72 Å². The number of carbonyl (C=O) groups is 1. The molecule has 2 aromatic carbocycles. The Kier molecular flexibility index (Phi) is 4.90. The summed E-state index contributed by atoms with van der Waals surface area (Å²) in [5.41, 5.74) is 1.86. The number of fused-ring (bicyclic) bond motifs is 1. The van der Waals surface area contributed by atoms with Crippen molar-refractivity contribution >= 4 is 21.6 Å². The van der Waals surface area contributed by atoms with Crippen LogP contribution >= 0.6 is 0 Å². The predicted molar refractivity (Wildman–Crippen MR) is 103 cm³/mol.